The number of nitrogens with one attached hydrogen (secondary N) is 1. The van der Waals surface area contributed by atoms with E-state index in [1.807, 2.05) is 4.90 Å². The van der Waals surface area contributed by atoms with Gasteiger partial charge >= 0.3 is 0 Å². The van der Waals surface area contributed by atoms with Crippen molar-refractivity contribution < 1.29 is 9.90 Å². The zero-order chi connectivity index (χ0) is 11.1. The van der Waals surface area contributed by atoms with E-state index in [1.54, 1.807) is 0 Å². The van der Waals surface area contributed by atoms with E-state index < -0.39 is 0 Å². The number of β-amino-alcohol motifs (C(OH)–C–C–N with tert-alkyl or cyclic N) is 1. The third kappa shape index (κ3) is 1.63. The van der Waals surface area contributed by atoms with E-state index in [1.165, 1.54) is 0 Å². The Hall–Kier alpha value is -0.650. The molecule has 2 N–H and O–H groups in total. The molecule has 3 atom stereocenters. The lowest BCUT2D eigenvalue weighted by atomic mass is 10.1. The van der Waals surface area contributed by atoms with E-state index in [9.17, 15) is 9.90 Å². The highest BCUT2D eigenvalue weighted by Gasteiger charge is 2.39. The maximum absolute atomic E-state index is 11.5. The summed E-state index contributed by atoms with van der Waals surface area (Å²) in [6.07, 6.45) is 1.46. The van der Waals surface area contributed by atoms with Gasteiger partial charge < -0.3 is 15.3 Å². The molecule has 0 radical (unpaired) electrons. The van der Waals surface area contributed by atoms with E-state index in [0.717, 1.165) is 32.6 Å². The molecule has 3 unspecified atom stereocenters. The first-order valence-electron chi connectivity index (χ1n) is 6.18. The van der Waals surface area contributed by atoms with Crippen LogP contribution in [0.5, 0.6) is 0 Å². The average Bonchev–Trinajstić information content (AvgIpc) is 2.86. The quantitative estimate of drug-likeness (QED) is 0.578. The van der Waals surface area contributed by atoms with Crippen LogP contribution in [0.4, 0.5) is 0 Å². The Labute approximate surface area is 95.4 Å². The second-order valence-corrected chi connectivity index (χ2v) is 5.07. The third-order valence-electron chi connectivity index (χ3n) is 4.15. The van der Waals surface area contributed by atoms with Crippen LogP contribution in [0, 0.1) is 0 Å². The number of nitrogens with zero attached hydrogens (tertiary/aromatic N) is 2. The Balaban J connectivity index is 1.65. The topological polar surface area (TPSA) is 55.8 Å². The van der Waals surface area contributed by atoms with Crippen LogP contribution in [0.25, 0.3) is 0 Å². The molecule has 3 fully saturated rings. The van der Waals surface area contributed by atoms with Gasteiger partial charge in [-0.3, -0.25) is 9.69 Å². The minimum absolute atomic E-state index is 0.247. The minimum atomic E-state index is -0.247. The first-order valence-corrected chi connectivity index (χ1v) is 6.18. The van der Waals surface area contributed by atoms with Gasteiger partial charge in [0.25, 0.3) is 0 Å². The lowest BCUT2D eigenvalue weighted by Gasteiger charge is -2.41. The molecule has 5 heteroatoms. The van der Waals surface area contributed by atoms with E-state index in [-0.39, 0.29) is 12.1 Å². The molecular formula is C11H19N3O2. The summed E-state index contributed by atoms with van der Waals surface area (Å²) in [5, 5.41) is 13.1. The molecule has 3 rings (SSSR count). The van der Waals surface area contributed by atoms with Crippen LogP contribution in [0.1, 0.15) is 12.8 Å². The predicted octanol–water partition coefficient (Wildman–Crippen LogP) is -1.37. The monoisotopic (exact) mass is 225 g/mol. The second-order valence-electron chi connectivity index (χ2n) is 5.07. The van der Waals surface area contributed by atoms with Crippen molar-refractivity contribution in [3.63, 3.8) is 0 Å². The fourth-order valence-electron chi connectivity index (χ4n) is 3.21. The molecule has 0 spiro atoms. The van der Waals surface area contributed by atoms with Crippen LogP contribution in [-0.4, -0.2) is 71.7 Å². The molecule has 3 aliphatic rings. The molecule has 1 amide bonds. The Morgan fingerprint density at radius 3 is 2.94 bits per heavy atom. The smallest absolute Gasteiger partial charge is 0.222 e. The fraction of sp³-hybridized carbons (Fsp3) is 0.909. The number of rotatable bonds is 1. The first kappa shape index (κ1) is 10.5. The summed E-state index contributed by atoms with van der Waals surface area (Å²) in [7, 11) is 0. The molecule has 3 saturated heterocycles. The van der Waals surface area contributed by atoms with Gasteiger partial charge in [-0.15, -0.1) is 0 Å². The normalized spacial score (nSPS) is 40.4. The van der Waals surface area contributed by atoms with Crippen LogP contribution >= 0.6 is 0 Å². The molecule has 3 aliphatic heterocycles. The number of carbonyl (C=O) groups excluding carboxylic acids is 1. The summed E-state index contributed by atoms with van der Waals surface area (Å²) in [6, 6.07) is 0.645. The van der Waals surface area contributed by atoms with Crippen molar-refractivity contribution >= 4 is 5.91 Å². The van der Waals surface area contributed by atoms with Crippen LogP contribution in [0.2, 0.25) is 0 Å². The molecule has 0 bridgehead atoms. The van der Waals surface area contributed by atoms with Crippen molar-refractivity contribution in [1.29, 1.82) is 0 Å². The summed E-state index contributed by atoms with van der Waals surface area (Å²) >= 11 is 0. The van der Waals surface area contributed by atoms with Crippen LogP contribution in [-0.2, 0) is 4.79 Å². The number of piperazine rings is 1. The zero-order valence-electron chi connectivity index (χ0n) is 9.43. The van der Waals surface area contributed by atoms with Crippen molar-refractivity contribution in [2.45, 2.75) is 31.0 Å². The number of hydrogen-bond acceptors (Lipinski definition) is 4. The van der Waals surface area contributed by atoms with Crippen molar-refractivity contribution in [2.75, 3.05) is 32.7 Å². The largest absolute Gasteiger partial charge is 0.390 e. The molecule has 0 aromatic rings. The summed E-state index contributed by atoms with van der Waals surface area (Å²) in [6.45, 7) is 4.27. The van der Waals surface area contributed by atoms with Crippen molar-refractivity contribution in [2.24, 2.45) is 0 Å². The summed E-state index contributed by atoms with van der Waals surface area (Å²) in [5.41, 5.74) is 0. The highest BCUT2D eigenvalue weighted by Crippen LogP contribution is 2.24. The SMILES string of the molecule is O=C1CCC2CN(C3CNCC3O)CCN12. The number of hydrogen-bond donors (Lipinski definition) is 2. The maximum atomic E-state index is 11.5. The van der Waals surface area contributed by atoms with Crippen molar-refractivity contribution in [3.05, 3.63) is 0 Å². The molecule has 0 aromatic heterocycles. The Bertz CT molecular complexity index is 297. The molecule has 0 aromatic carbocycles. The van der Waals surface area contributed by atoms with Crippen LogP contribution in [0.15, 0.2) is 0 Å². The van der Waals surface area contributed by atoms with Gasteiger partial charge in [-0.1, -0.05) is 0 Å². The van der Waals surface area contributed by atoms with E-state index in [4.69, 9.17) is 0 Å². The van der Waals surface area contributed by atoms with Gasteiger partial charge in [0, 0.05) is 51.2 Å². The lowest BCUT2D eigenvalue weighted by Crippen LogP contribution is -2.56. The molecule has 0 saturated carbocycles. The van der Waals surface area contributed by atoms with Gasteiger partial charge in [-0.05, 0) is 6.42 Å². The summed E-state index contributed by atoms with van der Waals surface area (Å²) < 4.78 is 0. The predicted molar refractivity (Wildman–Crippen MR) is 59.0 cm³/mol. The van der Waals surface area contributed by atoms with E-state index >= 15 is 0 Å². The summed E-state index contributed by atoms with van der Waals surface area (Å²) in [5.74, 6) is 0.315. The van der Waals surface area contributed by atoms with Gasteiger partial charge in [-0.25, -0.2) is 0 Å². The maximum Gasteiger partial charge on any atom is 0.222 e. The minimum Gasteiger partial charge on any atom is -0.390 e. The standard InChI is InChI=1S/C11H19N3O2/c15-10-6-12-5-9(10)13-3-4-14-8(7-13)1-2-11(14)16/h8-10,12,15H,1-7H2. The van der Waals surface area contributed by atoms with Crippen LogP contribution in [0.3, 0.4) is 0 Å². The second kappa shape index (κ2) is 3.98. The van der Waals surface area contributed by atoms with Gasteiger partial charge in [0.2, 0.25) is 5.91 Å². The molecule has 0 aliphatic carbocycles. The molecule has 16 heavy (non-hydrogen) atoms. The average molecular weight is 225 g/mol. The highest BCUT2D eigenvalue weighted by atomic mass is 16.3. The number of aliphatic hydroxyl groups excluding tert-OH is 1. The van der Waals surface area contributed by atoms with E-state index in [2.05, 4.69) is 10.2 Å². The van der Waals surface area contributed by atoms with Gasteiger partial charge in [-0.2, -0.15) is 0 Å². The van der Waals surface area contributed by atoms with Crippen molar-refractivity contribution in [3.8, 4) is 0 Å². The Morgan fingerprint density at radius 2 is 2.19 bits per heavy atom. The van der Waals surface area contributed by atoms with Gasteiger partial charge in [0.05, 0.1) is 6.10 Å². The summed E-state index contributed by atoms with van der Waals surface area (Å²) in [4.78, 5) is 15.9. The highest BCUT2D eigenvalue weighted by molar-refractivity contribution is 5.78. The van der Waals surface area contributed by atoms with Gasteiger partial charge in [0.1, 0.15) is 0 Å². The Kier molecular flexibility index (Phi) is 2.61. The number of amides is 1. The van der Waals surface area contributed by atoms with Crippen molar-refractivity contribution in [1.82, 2.24) is 15.1 Å². The third-order valence-corrected chi connectivity index (χ3v) is 4.15. The lowest BCUT2D eigenvalue weighted by molar-refractivity contribution is -0.131. The fourth-order valence-corrected chi connectivity index (χ4v) is 3.21. The molecule has 90 valence electrons. The van der Waals surface area contributed by atoms with Crippen LogP contribution < -0.4 is 5.32 Å². The van der Waals surface area contributed by atoms with E-state index in [0.29, 0.717) is 24.9 Å². The Morgan fingerprint density at radius 1 is 1.31 bits per heavy atom. The number of carbonyl (C=O) groups is 1. The molecular weight excluding hydrogens is 206 g/mol. The number of fused-ring (bicyclic) bond motifs is 1. The first-order chi connectivity index (χ1) is 7.75. The number of aliphatic hydroxyl groups is 1. The molecule has 5 nitrogen and oxygen atoms in total. The zero-order valence-corrected chi connectivity index (χ0v) is 9.43. The molecule has 3 heterocycles. The van der Waals surface area contributed by atoms with Gasteiger partial charge in [0.15, 0.2) is 0 Å².